The first-order valence-corrected chi connectivity index (χ1v) is 10.6. The molecule has 1 unspecified atom stereocenters. The lowest BCUT2D eigenvalue weighted by atomic mass is 9.73. The third-order valence-electron chi connectivity index (χ3n) is 6.81. The third-order valence-corrected chi connectivity index (χ3v) is 6.81. The SMILES string of the molecule is NC1(C(=O)N2CCCC3(CCc4cnc(-c5ccccc5)nc43)C2)CCC1.O=CO. The van der Waals surface area contributed by atoms with Crippen LogP contribution in [0.4, 0.5) is 0 Å². The number of carbonyl (C=O) groups is 2. The number of amides is 1. The van der Waals surface area contributed by atoms with Crippen molar-refractivity contribution in [3.63, 3.8) is 0 Å². The van der Waals surface area contributed by atoms with E-state index in [1.54, 1.807) is 0 Å². The van der Waals surface area contributed by atoms with Crippen LogP contribution >= 0.6 is 0 Å². The van der Waals surface area contributed by atoms with Crippen LogP contribution in [0.25, 0.3) is 11.4 Å². The molecule has 5 rings (SSSR count). The fourth-order valence-corrected chi connectivity index (χ4v) is 5.06. The molecule has 3 aliphatic rings. The van der Waals surface area contributed by atoms with Gasteiger partial charge in [0.2, 0.25) is 5.91 Å². The first kappa shape index (κ1) is 20.5. The number of carboxylic acid groups (broad SMARTS) is 1. The number of rotatable bonds is 2. The van der Waals surface area contributed by atoms with Crippen LogP contribution in [0.2, 0.25) is 0 Å². The van der Waals surface area contributed by atoms with Crippen LogP contribution in [0.3, 0.4) is 0 Å². The molecule has 0 bridgehead atoms. The van der Waals surface area contributed by atoms with E-state index in [2.05, 4.69) is 17.1 Å². The first-order chi connectivity index (χ1) is 14.5. The minimum atomic E-state index is -0.610. The number of hydrogen-bond donors (Lipinski definition) is 2. The van der Waals surface area contributed by atoms with Crippen molar-refractivity contribution in [2.24, 2.45) is 5.73 Å². The second kappa shape index (κ2) is 8.14. The highest BCUT2D eigenvalue weighted by Crippen LogP contribution is 2.45. The first-order valence-electron chi connectivity index (χ1n) is 10.6. The van der Waals surface area contributed by atoms with Gasteiger partial charge in [0.1, 0.15) is 0 Å². The molecule has 7 nitrogen and oxygen atoms in total. The summed E-state index contributed by atoms with van der Waals surface area (Å²) in [5.41, 5.74) is 9.15. The lowest BCUT2D eigenvalue weighted by molar-refractivity contribution is -0.142. The molecular weight excluding hydrogens is 380 g/mol. The van der Waals surface area contributed by atoms with Crippen molar-refractivity contribution < 1.29 is 14.7 Å². The van der Waals surface area contributed by atoms with Gasteiger partial charge in [-0.15, -0.1) is 0 Å². The number of aryl methyl sites for hydroxylation is 1. The molecule has 3 N–H and O–H groups in total. The van der Waals surface area contributed by atoms with Crippen molar-refractivity contribution in [1.29, 1.82) is 0 Å². The van der Waals surface area contributed by atoms with Crippen LogP contribution in [0.15, 0.2) is 36.5 Å². The summed E-state index contributed by atoms with van der Waals surface area (Å²) in [4.78, 5) is 33.0. The van der Waals surface area contributed by atoms with E-state index in [9.17, 15) is 4.79 Å². The maximum Gasteiger partial charge on any atom is 0.290 e. The average Bonchev–Trinajstić information content (AvgIpc) is 3.10. The lowest BCUT2D eigenvalue weighted by Gasteiger charge is -2.46. The molecule has 2 aromatic rings. The molecule has 7 heteroatoms. The van der Waals surface area contributed by atoms with Gasteiger partial charge in [0.15, 0.2) is 5.82 Å². The van der Waals surface area contributed by atoms with Gasteiger partial charge >= 0.3 is 0 Å². The number of benzene rings is 1. The Morgan fingerprint density at radius 1 is 1.13 bits per heavy atom. The molecule has 1 aliphatic heterocycles. The van der Waals surface area contributed by atoms with Gasteiger partial charge in [-0.2, -0.15) is 0 Å². The average molecular weight is 409 g/mol. The van der Waals surface area contributed by atoms with Gasteiger partial charge in [-0.1, -0.05) is 30.3 Å². The molecule has 30 heavy (non-hydrogen) atoms. The number of fused-ring (bicyclic) bond motifs is 2. The van der Waals surface area contributed by atoms with Gasteiger partial charge < -0.3 is 15.7 Å². The van der Waals surface area contributed by atoms with E-state index in [0.29, 0.717) is 0 Å². The second-order valence-electron chi connectivity index (χ2n) is 8.66. The molecule has 1 spiro atoms. The topological polar surface area (TPSA) is 109 Å². The predicted molar refractivity (Wildman–Crippen MR) is 113 cm³/mol. The van der Waals surface area contributed by atoms with Crippen LogP contribution < -0.4 is 5.73 Å². The molecule has 1 amide bonds. The minimum absolute atomic E-state index is 0.0319. The molecule has 2 heterocycles. The Balaban J connectivity index is 0.000000687. The summed E-state index contributed by atoms with van der Waals surface area (Å²) in [5.74, 6) is 0.937. The number of nitrogens with zero attached hydrogens (tertiary/aromatic N) is 3. The number of piperidine rings is 1. The highest BCUT2D eigenvalue weighted by Gasteiger charge is 2.49. The second-order valence-corrected chi connectivity index (χ2v) is 8.66. The largest absolute Gasteiger partial charge is 0.483 e. The number of likely N-dealkylation sites (tertiary alicyclic amines) is 1. The Hall–Kier alpha value is -2.80. The fourth-order valence-electron chi connectivity index (χ4n) is 5.06. The standard InChI is InChI=1S/C22H26N4O.CH2O2/c23-22(10-4-11-22)20(27)26-13-5-9-21(15-26)12-8-17-14-24-19(25-18(17)21)16-6-2-1-3-7-16;2-1-3/h1-3,6-7,14H,4-5,8-13,15,23H2;1H,(H,2,3). The fraction of sp³-hybridized carbons (Fsp3) is 0.478. The number of aromatic nitrogens is 2. The summed E-state index contributed by atoms with van der Waals surface area (Å²) >= 11 is 0. The Morgan fingerprint density at radius 3 is 2.53 bits per heavy atom. The molecule has 1 atom stereocenters. The monoisotopic (exact) mass is 408 g/mol. The van der Waals surface area contributed by atoms with Crippen LogP contribution in [0.5, 0.6) is 0 Å². The molecule has 1 saturated carbocycles. The van der Waals surface area contributed by atoms with Crippen molar-refractivity contribution in [2.45, 2.75) is 55.9 Å². The summed E-state index contributed by atoms with van der Waals surface area (Å²) in [6, 6.07) is 10.1. The highest BCUT2D eigenvalue weighted by molar-refractivity contribution is 5.87. The Kier molecular flexibility index (Phi) is 5.56. The zero-order chi connectivity index (χ0) is 21.2. The Bertz CT molecular complexity index is 925. The van der Waals surface area contributed by atoms with Gasteiger partial charge in [0, 0.05) is 30.3 Å². The van der Waals surface area contributed by atoms with E-state index in [-0.39, 0.29) is 17.8 Å². The van der Waals surface area contributed by atoms with Crippen molar-refractivity contribution in [1.82, 2.24) is 14.9 Å². The summed E-state index contributed by atoms with van der Waals surface area (Å²) < 4.78 is 0. The van der Waals surface area contributed by atoms with Crippen LogP contribution in [-0.2, 0) is 21.4 Å². The molecule has 1 aromatic carbocycles. The van der Waals surface area contributed by atoms with Crippen molar-refractivity contribution in [2.75, 3.05) is 13.1 Å². The van der Waals surface area contributed by atoms with Gasteiger partial charge in [0.05, 0.1) is 11.2 Å². The number of hydrogen-bond acceptors (Lipinski definition) is 5. The third kappa shape index (κ3) is 3.58. The quantitative estimate of drug-likeness (QED) is 0.739. The maximum atomic E-state index is 13.0. The van der Waals surface area contributed by atoms with Crippen LogP contribution in [-0.4, -0.2) is 51.0 Å². The Labute approximate surface area is 176 Å². The van der Waals surface area contributed by atoms with Gasteiger partial charge in [0.25, 0.3) is 6.47 Å². The van der Waals surface area contributed by atoms with Gasteiger partial charge in [-0.3, -0.25) is 9.59 Å². The van der Waals surface area contributed by atoms with Crippen molar-refractivity contribution >= 4 is 12.4 Å². The van der Waals surface area contributed by atoms with Gasteiger partial charge in [-0.05, 0) is 50.5 Å². The maximum absolute atomic E-state index is 13.0. The van der Waals surface area contributed by atoms with Crippen LogP contribution in [0.1, 0.15) is 49.8 Å². The zero-order valence-corrected chi connectivity index (χ0v) is 17.1. The molecular formula is C23H28N4O3. The normalized spacial score (nSPS) is 23.7. The van der Waals surface area contributed by atoms with E-state index in [1.807, 2.05) is 29.3 Å². The van der Waals surface area contributed by atoms with E-state index in [4.69, 9.17) is 20.6 Å². The summed E-state index contributed by atoms with van der Waals surface area (Å²) in [6.07, 6.45) is 8.88. The number of nitrogens with two attached hydrogens (primary N) is 1. The zero-order valence-electron chi connectivity index (χ0n) is 17.1. The minimum Gasteiger partial charge on any atom is -0.483 e. The van der Waals surface area contributed by atoms with E-state index in [1.165, 1.54) is 5.56 Å². The molecule has 1 saturated heterocycles. The number of carbonyl (C=O) groups excluding carboxylic acids is 1. The molecule has 1 aromatic heterocycles. The molecule has 0 radical (unpaired) electrons. The smallest absolute Gasteiger partial charge is 0.290 e. The Morgan fingerprint density at radius 2 is 1.87 bits per heavy atom. The lowest BCUT2D eigenvalue weighted by Crippen LogP contribution is -2.62. The van der Waals surface area contributed by atoms with Crippen molar-refractivity contribution in [3.05, 3.63) is 47.8 Å². The highest BCUT2D eigenvalue weighted by atomic mass is 16.3. The summed E-state index contributed by atoms with van der Waals surface area (Å²) in [6.45, 7) is 1.33. The summed E-state index contributed by atoms with van der Waals surface area (Å²) in [5, 5.41) is 6.89. The van der Waals surface area contributed by atoms with Crippen LogP contribution in [0, 0.1) is 0 Å². The molecule has 2 aliphatic carbocycles. The molecule has 2 fully saturated rings. The van der Waals surface area contributed by atoms with E-state index >= 15 is 0 Å². The van der Waals surface area contributed by atoms with E-state index < -0.39 is 5.54 Å². The molecule has 158 valence electrons. The van der Waals surface area contributed by atoms with E-state index in [0.717, 1.165) is 75.1 Å². The predicted octanol–water partition coefficient (Wildman–Crippen LogP) is 2.53. The van der Waals surface area contributed by atoms with Gasteiger partial charge in [-0.25, -0.2) is 9.97 Å². The van der Waals surface area contributed by atoms with Crippen molar-refractivity contribution in [3.8, 4) is 11.4 Å². The summed E-state index contributed by atoms with van der Waals surface area (Å²) in [7, 11) is 0.